The predicted molar refractivity (Wildman–Crippen MR) is 107 cm³/mol. The number of benzene rings is 1. The van der Waals surface area contributed by atoms with Crippen LogP contribution in [0, 0.1) is 0 Å². The number of nitrogens with one attached hydrogen (secondary N) is 1. The summed E-state index contributed by atoms with van der Waals surface area (Å²) < 4.78 is 10.6. The Morgan fingerprint density at radius 1 is 1.30 bits per heavy atom. The van der Waals surface area contributed by atoms with Gasteiger partial charge in [0.15, 0.2) is 0 Å². The van der Waals surface area contributed by atoms with Gasteiger partial charge in [0.1, 0.15) is 16.7 Å². The molecule has 1 aromatic heterocycles. The highest BCUT2D eigenvalue weighted by molar-refractivity contribution is 8.00. The predicted octanol–water partition coefficient (Wildman–Crippen LogP) is 4.36. The van der Waals surface area contributed by atoms with Gasteiger partial charge in [-0.2, -0.15) is 0 Å². The molecule has 0 saturated carbocycles. The first-order valence-electron chi connectivity index (χ1n) is 8.75. The highest BCUT2D eigenvalue weighted by Crippen LogP contribution is 2.51. The van der Waals surface area contributed by atoms with Crippen molar-refractivity contribution in [2.24, 2.45) is 0 Å². The Bertz CT molecular complexity index is 835. The SMILES string of the molecule is COc1ccc2c(c1)N(C)C(c1cncc(CNC(=O)OC(C)(C)C)c1)S2. The molecule has 27 heavy (non-hydrogen) atoms. The molecule has 1 N–H and O–H groups in total. The standard InChI is InChI=1S/C20H25N3O3S/c1-20(2,3)26-19(24)22-11-13-8-14(12-21-10-13)18-23(4)16-9-15(25-5)6-7-17(16)27-18/h6-10,12,18H,11H2,1-5H3,(H,22,24). The Hall–Kier alpha value is -2.41. The monoisotopic (exact) mass is 387 g/mol. The lowest BCUT2D eigenvalue weighted by molar-refractivity contribution is 0.0523. The third-order valence-corrected chi connectivity index (χ3v) is 5.48. The van der Waals surface area contributed by atoms with Crippen molar-refractivity contribution in [1.29, 1.82) is 0 Å². The molecule has 0 saturated heterocycles. The largest absolute Gasteiger partial charge is 0.497 e. The van der Waals surface area contributed by atoms with Crippen molar-refractivity contribution in [3.8, 4) is 5.75 Å². The van der Waals surface area contributed by atoms with Crippen molar-refractivity contribution in [2.45, 2.75) is 43.2 Å². The lowest BCUT2D eigenvalue weighted by Gasteiger charge is -2.22. The van der Waals surface area contributed by atoms with Crippen molar-refractivity contribution in [1.82, 2.24) is 10.3 Å². The van der Waals surface area contributed by atoms with E-state index < -0.39 is 11.7 Å². The molecule has 1 aliphatic rings. The van der Waals surface area contributed by atoms with Crippen LogP contribution in [-0.4, -0.2) is 30.8 Å². The number of aromatic nitrogens is 1. The highest BCUT2D eigenvalue weighted by atomic mass is 32.2. The van der Waals surface area contributed by atoms with Gasteiger partial charge in [-0.3, -0.25) is 4.98 Å². The van der Waals surface area contributed by atoms with Crippen LogP contribution < -0.4 is 15.0 Å². The third-order valence-electron chi connectivity index (χ3n) is 4.07. The molecular weight excluding hydrogens is 362 g/mol. The van der Waals surface area contributed by atoms with E-state index in [0.29, 0.717) is 6.54 Å². The first-order valence-corrected chi connectivity index (χ1v) is 9.63. The lowest BCUT2D eigenvalue weighted by Crippen LogP contribution is -2.32. The zero-order valence-corrected chi connectivity index (χ0v) is 17.1. The smallest absolute Gasteiger partial charge is 0.407 e. The van der Waals surface area contributed by atoms with Gasteiger partial charge in [-0.25, -0.2) is 4.79 Å². The Morgan fingerprint density at radius 3 is 2.78 bits per heavy atom. The molecule has 1 unspecified atom stereocenters. The average molecular weight is 388 g/mol. The number of hydrogen-bond donors (Lipinski definition) is 1. The van der Waals surface area contributed by atoms with Gasteiger partial charge in [0.05, 0.1) is 12.8 Å². The fraction of sp³-hybridized carbons (Fsp3) is 0.400. The number of methoxy groups -OCH3 is 1. The molecule has 1 atom stereocenters. The summed E-state index contributed by atoms with van der Waals surface area (Å²) in [5.41, 5.74) is 2.64. The summed E-state index contributed by atoms with van der Waals surface area (Å²) in [7, 11) is 3.74. The van der Waals surface area contributed by atoms with Crippen molar-refractivity contribution in [3.05, 3.63) is 47.8 Å². The quantitative estimate of drug-likeness (QED) is 0.841. The van der Waals surface area contributed by atoms with Crippen LogP contribution in [0.4, 0.5) is 10.5 Å². The van der Waals surface area contributed by atoms with Crippen molar-refractivity contribution in [3.63, 3.8) is 0 Å². The van der Waals surface area contributed by atoms with Gasteiger partial charge in [-0.05, 0) is 44.5 Å². The minimum absolute atomic E-state index is 0.126. The molecule has 1 aliphatic heterocycles. The summed E-state index contributed by atoms with van der Waals surface area (Å²) >= 11 is 1.78. The molecule has 0 bridgehead atoms. The number of amides is 1. The molecule has 6 nitrogen and oxygen atoms in total. The summed E-state index contributed by atoms with van der Waals surface area (Å²) in [4.78, 5) is 19.6. The number of pyridine rings is 1. The van der Waals surface area contributed by atoms with E-state index in [1.54, 1.807) is 25.1 Å². The van der Waals surface area contributed by atoms with Crippen molar-refractivity contribution < 1.29 is 14.3 Å². The second-order valence-electron chi connectivity index (χ2n) is 7.40. The molecule has 1 amide bonds. The van der Waals surface area contributed by atoms with Gasteiger partial charge in [0.2, 0.25) is 0 Å². The molecule has 0 spiro atoms. The van der Waals surface area contributed by atoms with Gasteiger partial charge in [-0.15, -0.1) is 0 Å². The van der Waals surface area contributed by atoms with E-state index >= 15 is 0 Å². The van der Waals surface area contributed by atoms with E-state index in [9.17, 15) is 4.79 Å². The van der Waals surface area contributed by atoms with Crippen molar-refractivity contribution >= 4 is 23.5 Å². The van der Waals surface area contributed by atoms with Crippen LogP contribution in [0.1, 0.15) is 37.3 Å². The number of anilines is 1. The van der Waals surface area contributed by atoms with Gasteiger partial charge in [0.25, 0.3) is 0 Å². The summed E-state index contributed by atoms with van der Waals surface area (Å²) in [5.74, 6) is 0.843. The maximum absolute atomic E-state index is 11.9. The van der Waals surface area contributed by atoms with Gasteiger partial charge < -0.3 is 19.7 Å². The Morgan fingerprint density at radius 2 is 2.07 bits per heavy atom. The Balaban J connectivity index is 1.70. The third kappa shape index (κ3) is 4.66. The maximum Gasteiger partial charge on any atom is 0.407 e. The van der Waals surface area contributed by atoms with Crippen LogP contribution in [0.3, 0.4) is 0 Å². The number of thioether (sulfide) groups is 1. The van der Waals surface area contributed by atoms with Gasteiger partial charge >= 0.3 is 6.09 Å². The fourth-order valence-corrected chi connectivity index (χ4v) is 4.09. The molecule has 1 aromatic carbocycles. The van der Waals surface area contributed by atoms with E-state index in [-0.39, 0.29) is 5.37 Å². The molecule has 0 aliphatic carbocycles. The van der Waals surface area contributed by atoms with Crippen LogP contribution in [0.2, 0.25) is 0 Å². The lowest BCUT2D eigenvalue weighted by atomic mass is 10.2. The van der Waals surface area contributed by atoms with Crippen LogP contribution in [-0.2, 0) is 11.3 Å². The van der Waals surface area contributed by atoms with E-state index in [4.69, 9.17) is 9.47 Å². The number of rotatable bonds is 4. The van der Waals surface area contributed by atoms with E-state index in [1.807, 2.05) is 39.1 Å². The number of alkyl carbamates (subject to hydrolysis) is 1. The zero-order valence-electron chi connectivity index (χ0n) is 16.3. The summed E-state index contributed by atoms with van der Waals surface area (Å²) in [5, 5.41) is 2.90. The first-order chi connectivity index (χ1) is 12.8. The average Bonchev–Trinajstić information content (AvgIpc) is 2.95. The fourth-order valence-electron chi connectivity index (χ4n) is 2.84. The van der Waals surface area contributed by atoms with Crippen molar-refractivity contribution in [2.75, 3.05) is 19.1 Å². The molecule has 2 aromatic rings. The number of fused-ring (bicyclic) bond motifs is 1. The van der Waals surface area contributed by atoms with E-state index in [0.717, 1.165) is 22.6 Å². The molecule has 144 valence electrons. The number of carbonyl (C=O) groups excluding carboxylic acids is 1. The topological polar surface area (TPSA) is 63.7 Å². The maximum atomic E-state index is 11.9. The van der Waals surface area contributed by atoms with Crippen LogP contribution in [0.25, 0.3) is 0 Å². The first kappa shape index (κ1) is 19.4. The Labute approximate surface area is 164 Å². The van der Waals surface area contributed by atoms with Gasteiger partial charge in [0, 0.05) is 42.5 Å². The molecule has 0 radical (unpaired) electrons. The van der Waals surface area contributed by atoms with E-state index in [2.05, 4.69) is 34.4 Å². The number of carbonyl (C=O) groups is 1. The molecular formula is C20H25N3O3S. The van der Waals surface area contributed by atoms with Crippen LogP contribution in [0.5, 0.6) is 5.75 Å². The Kier molecular flexibility index (Phi) is 5.51. The van der Waals surface area contributed by atoms with Crippen LogP contribution >= 0.6 is 11.8 Å². The minimum Gasteiger partial charge on any atom is -0.497 e. The highest BCUT2D eigenvalue weighted by Gasteiger charge is 2.29. The molecule has 3 rings (SSSR count). The second kappa shape index (κ2) is 7.68. The molecule has 7 heteroatoms. The van der Waals surface area contributed by atoms with Gasteiger partial charge in [-0.1, -0.05) is 11.8 Å². The molecule has 0 fully saturated rings. The second-order valence-corrected chi connectivity index (χ2v) is 8.52. The molecule has 2 heterocycles. The summed E-state index contributed by atoms with van der Waals surface area (Å²) in [6, 6.07) is 8.17. The number of ether oxygens (including phenoxy) is 2. The van der Waals surface area contributed by atoms with Crippen LogP contribution in [0.15, 0.2) is 41.6 Å². The minimum atomic E-state index is -0.514. The summed E-state index contributed by atoms with van der Waals surface area (Å²) in [6.45, 7) is 5.90. The number of nitrogens with zero attached hydrogens (tertiary/aromatic N) is 2. The summed E-state index contributed by atoms with van der Waals surface area (Å²) in [6.07, 6.45) is 3.20. The van der Waals surface area contributed by atoms with E-state index in [1.165, 1.54) is 4.90 Å². The normalized spacial score (nSPS) is 16.0. The zero-order chi connectivity index (χ0) is 19.6. The number of hydrogen-bond acceptors (Lipinski definition) is 6.